The third-order valence-corrected chi connectivity index (χ3v) is 1.79. The maximum absolute atomic E-state index is 6.79. The van der Waals surface area contributed by atoms with Crippen LogP contribution in [0.2, 0.25) is 0 Å². The molecule has 0 aromatic heterocycles. The molecule has 0 saturated heterocycles. The van der Waals surface area contributed by atoms with E-state index >= 15 is 0 Å². The molecule has 1 nitrogen and oxygen atoms in total. The van der Waals surface area contributed by atoms with Crippen molar-refractivity contribution in [2.75, 3.05) is 0 Å². The molecule has 0 bridgehead atoms. The molecule has 0 fully saturated rings. The highest BCUT2D eigenvalue weighted by Crippen LogP contribution is 2.11. The van der Waals surface area contributed by atoms with Crippen LogP contribution in [-0.2, 0) is 0 Å². The molecule has 12 heavy (non-hydrogen) atoms. The quantitative estimate of drug-likeness (QED) is 0.475. The van der Waals surface area contributed by atoms with Crippen molar-refractivity contribution in [1.29, 1.82) is 5.41 Å². The van der Waals surface area contributed by atoms with Gasteiger partial charge in [0.2, 0.25) is 0 Å². The van der Waals surface area contributed by atoms with E-state index in [0.717, 1.165) is 6.42 Å². The molecular weight excluding hydrogens is 146 g/mol. The average molecular weight is 165 g/mol. The topological polar surface area (TPSA) is 23.9 Å². The molecule has 1 heteroatoms. The number of hydrogen-bond donors (Lipinski definition) is 1. The van der Waals surface area contributed by atoms with Crippen molar-refractivity contribution in [2.24, 2.45) is 5.92 Å². The maximum atomic E-state index is 6.79. The van der Waals surface area contributed by atoms with E-state index in [1.807, 2.05) is 6.08 Å². The van der Waals surface area contributed by atoms with Crippen molar-refractivity contribution in [3.8, 4) is 0 Å². The highest BCUT2D eigenvalue weighted by Gasteiger charge is 1.97. The standard InChI is InChI=1S/C11H19N/c1-4-5-6-10(2)9-11(3)7-8-12/h6-7,11-12H,4-5,9H2,1-3H3/b10-6-. The summed E-state index contributed by atoms with van der Waals surface area (Å²) < 4.78 is 0. The van der Waals surface area contributed by atoms with Gasteiger partial charge in [-0.3, -0.25) is 5.41 Å². The first-order valence-corrected chi connectivity index (χ1v) is 4.62. The molecule has 0 radical (unpaired) electrons. The molecule has 0 aromatic carbocycles. The lowest BCUT2D eigenvalue weighted by atomic mass is 10.0. The van der Waals surface area contributed by atoms with Gasteiger partial charge in [-0.05, 0) is 37.6 Å². The van der Waals surface area contributed by atoms with Crippen molar-refractivity contribution < 1.29 is 0 Å². The lowest BCUT2D eigenvalue weighted by Crippen LogP contribution is -1.90. The monoisotopic (exact) mass is 165 g/mol. The molecule has 0 aliphatic carbocycles. The minimum Gasteiger partial charge on any atom is -0.259 e. The second-order valence-corrected chi connectivity index (χ2v) is 3.33. The summed E-state index contributed by atoms with van der Waals surface area (Å²) in [6.45, 7) is 6.46. The Kier molecular flexibility index (Phi) is 6.41. The van der Waals surface area contributed by atoms with Crippen LogP contribution in [0, 0.1) is 11.3 Å². The van der Waals surface area contributed by atoms with E-state index in [1.54, 1.807) is 0 Å². The molecule has 0 aliphatic rings. The fourth-order valence-corrected chi connectivity index (χ4v) is 1.18. The van der Waals surface area contributed by atoms with Gasteiger partial charge in [0.1, 0.15) is 0 Å². The number of nitrogens with one attached hydrogen (secondary N) is 1. The highest BCUT2D eigenvalue weighted by atomic mass is 14.3. The first kappa shape index (κ1) is 11.2. The van der Waals surface area contributed by atoms with Crippen molar-refractivity contribution in [2.45, 2.75) is 40.0 Å². The number of unbranched alkanes of at least 4 members (excludes halogenated alkanes) is 1. The molecule has 68 valence electrons. The molecule has 1 atom stereocenters. The summed E-state index contributed by atoms with van der Waals surface area (Å²) in [7, 11) is 0. The van der Waals surface area contributed by atoms with E-state index in [9.17, 15) is 0 Å². The Labute approximate surface area is 75.7 Å². The molecule has 0 saturated carbocycles. The first-order valence-electron chi connectivity index (χ1n) is 4.62. The van der Waals surface area contributed by atoms with Gasteiger partial charge < -0.3 is 0 Å². The lowest BCUT2D eigenvalue weighted by Gasteiger charge is -2.04. The number of allylic oxidation sites excluding steroid dienone is 3. The van der Waals surface area contributed by atoms with E-state index in [4.69, 9.17) is 5.41 Å². The number of hydrogen-bond acceptors (Lipinski definition) is 1. The summed E-state index contributed by atoms with van der Waals surface area (Å²) in [6.07, 6.45) is 7.54. The van der Waals surface area contributed by atoms with Crippen LogP contribution in [0.1, 0.15) is 40.0 Å². The third kappa shape index (κ3) is 5.94. The highest BCUT2D eigenvalue weighted by molar-refractivity contribution is 5.47. The van der Waals surface area contributed by atoms with Crippen LogP contribution in [-0.4, -0.2) is 5.87 Å². The van der Waals surface area contributed by atoms with Gasteiger partial charge in [-0.15, -0.1) is 0 Å². The Balaban J connectivity index is 3.81. The number of rotatable bonds is 5. The van der Waals surface area contributed by atoms with Gasteiger partial charge in [0.15, 0.2) is 0 Å². The zero-order chi connectivity index (χ0) is 9.40. The minimum absolute atomic E-state index is 0.454. The van der Waals surface area contributed by atoms with Gasteiger partial charge in [-0.25, -0.2) is 0 Å². The first-order chi connectivity index (χ1) is 5.70. The maximum Gasteiger partial charge on any atom is -0.0133 e. The van der Waals surface area contributed by atoms with Crippen molar-refractivity contribution in [3.63, 3.8) is 0 Å². The minimum atomic E-state index is 0.454. The van der Waals surface area contributed by atoms with Gasteiger partial charge in [0, 0.05) is 0 Å². The zero-order valence-corrected chi connectivity index (χ0v) is 8.35. The Hall–Kier alpha value is -0.810. The Morgan fingerprint density at radius 3 is 2.75 bits per heavy atom. The Morgan fingerprint density at radius 1 is 1.58 bits per heavy atom. The predicted octanol–water partition coefficient (Wildman–Crippen LogP) is 3.56. The molecule has 0 rings (SSSR count). The van der Waals surface area contributed by atoms with Gasteiger partial charge in [-0.2, -0.15) is 0 Å². The summed E-state index contributed by atoms with van der Waals surface area (Å²) in [5, 5.41) is 6.79. The zero-order valence-electron chi connectivity index (χ0n) is 8.35. The SMILES string of the molecule is CCC/C=C(/C)CC(C)C=C=N. The van der Waals surface area contributed by atoms with E-state index < -0.39 is 0 Å². The molecular formula is C11H19N. The molecule has 0 amide bonds. The summed E-state index contributed by atoms with van der Waals surface area (Å²) in [5.74, 6) is 2.78. The van der Waals surface area contributed by atoms with E-state index in [1.165, 1.54) is 18.4 Å². The Morgan fingerprint density at radius 2 is 2.25 bits per heavy atom. The predicted molar refractivity (Wildman–Crippen MR) is 54.7 cm³/mol. The molecule has 0 spiro atoms. The van der Waals surface area contributed by atoms with Crippen LogP contribution in [0.15, 0.2) is 17.7 Å². The summed E-state index contributed by atoms with van der Waals surface area (Å²) in [4.78, 5) is 0. The van der Waals surface area contributed by atoms with Crippen molar-refractivity contribution in [1.82, 2.24) is 0 Å². The van der Waals surface area contributed by atoms with Crippen LogP contribution in [0.3, 0.4) is 0 Å². The van der Waals surface area contributed by atoms with Gasteiger partial charge in [0.25, 0.3) is 0 Å². The van der Waals surface area contributed by atoms with Gasteiger partial charge in [0.05, 0.1) is 0 Å². The normalized spacial score (nSPS) is 13.8. The van der Waals surface area contributed by atoms with E-state index in [-0.39, 0.29) is 0 Å². The average Bonchev–Trinajstić information content (AvgIpc) is 2.01. The molecule has 0 aromatic rings. The summed E-state index contributed by atoms with van der Waals surface area (Å²) in [6, 6.07) is 0. The van der Waals surface area contributed by atoms with Crippen LogP contribution in [0.4, 0.5) is 0 Å². The van der Waals surface area contributed by atoms with Crippen molar-refractivity contribution in [3.05, 3.63) is 17.7 Å². The fourth-order valence-electron chi connectivity index (χ4n) is 1.18. The lowest BCUT2D eigenvalue weighted by molar-refractivity contribution is 0.716. The van der Waals surface area contributed by atoms with Gasteiger partial charge in [-0.1, -0.05) is 31.9 Å². The smallest absolute Gasteiger partial charge is 0.0133 e. The van der Waals surface area contributed by atoms with E-state index in [2.05, 4.69) is 32.7 Å². The van der Waals surface area contributed by atoms with Crippen LogP contribution >= 0.6 is 0 Å². The molecule has 0 aliphatic heterocycles. The second-order valence-electron chi connectivity index (χ2n) is 3.33. The third-order valence-electron chi connectivity index (χ3n) is 1.79. The summed E-state index contributed by atoms with van der Waals surface area (Å²) >= 11 is 0. The van der Waals surface area contributed by atoms with Gasteiger partial charge >= 0.3 is 0 Å². The molecule has 1 unspecified atom stereocenters. The van der Waals surface area contributed by atoms with E-state index in [0.29, 0.717) is 5.92 Å². The fraction of sp³-hybridized carbons (Fsp3) is 0.636. The van der Waals surface area contributed by atoms with Crippen LogP contribution in [0.5, 0.6) is 0 Å². The molecule has 0 heterocycles. The summed E-state index contributed by atoms with van der Waals surface area (Å²) in [5.41, 5.74) is 1.43. The van der Waals surface area contributed by atoms with Crippen LogP contribution < -0.4 is 0 Å². The molecule has 1 N–H and O–H groups in total. The van der Waals surface area contributed by atoms with Crippen LogP contribution in [0.25, 0.3) is 0 Å². The van der Waals surface area contributed by atoms with Crippen molar-refractivity contribution >= 4 is 5.87 Å². The Bertz CT molecular complexity index is 185. The largest absolute Gasteiger partial charge is 0.259 e. The second kappa shape index (κ2) is 6.87.